The van der Waals surface area contributed by atoms with Gasteiger partial charge in [-0.1, -0.05) is 41.6 Å². The molecule has 1 N–H and O–H groups in total. The first-order valence-electron chi connectivity index (χ1n) is 9.75. The number of rotatable bonds is 7. The Labute approximate surface area is 194 Å². The fraction of sp³-hybridized carbons (Fsp3) is 0.174. The highest BCUT2D eigenvalue weighted by atomic mass is 35.5. The minimum atomic E-state index is -0.155. The van der Waals surface area contributed by atoms with Gasteiger partial charge in [-0.25, -0.2) is 9.50 Å². The molecular weight excluding hydrogens is 448 g/mol. The first kappa shape index (κ1) is 22.0. The van der Waals surface area contributed by atoms with Gasteiger partial charge in [0, 0.05) is 11.3 Å². The molecule has 2 aromatic heterocycles. The molecule has 0 saturated heterocycles. The van der Waals surface area contributed by atoms with Crippen molar-refractivity contribution in [3.63, 3.8) is 0 Å². The number of para-hydroxylation sites is 1. The molecule has 0 fully saturated rings. The van der Waals surface area contributed by atoms with Gasteiger partial charge in [-0.05, 0) is 42.8 Å². The Kier molecular flexibility index (Phi) is 6.53. The molecule has 1 amide bonds. The van der Waals surface area contributed by atoms with Crippen LogP contribution in [0.3, 0.4) is 0 Å². The summed E-state index contributed by atoms with van der Waals surface area (Å²) < 4.78 is 12.5. The van der Waals surface area contributed by atoms with Gasteiger partial charge in [-0.2, -0.15) is 5.10 Å². The summed E-state index contributed by atoms with van der Waals surface area (Å²) in [6.45, 7) is 1.92. The zero-order chi connectivity index (χ0) is 22.7. The summed E-state index contributed by atoms with van der Waals surface area (Å²) in [5, 5.41) is 8.67. The molecule has 0 aliphatic heterocycles. The molecule has 0 aliphatic rings. The Morgan fingerprint density at radius 2 is 1.91 bits per heavy atom. The molecule has 0 atom stereocenters. The minimum absolute atomic E-state index is 0.155. The minimum Gasteiger partial charge on any atom is -0.493 e. The number of amides is 1. The monoisotopic (exact) mass is 468 g/mol. The maximum atomic E-state index is 12.5. The number of carbonyl (C=O) groups excluding carboxylic acids is 1. The molecule has 0 aliphatic carbocycles. The highest BCUT2D eigenvalue weighted by Gasteiger charge is 2.16. The molecule has 4 aromatic rings. The summed E-state index contributed by atoms with van der Waals surface area (Å²) in [5.41, 5.74) is 3.88. The number of thioether (sulfide) groups is 1. The fourth-order valence-corrected chi connectivity index (χ4v) is 4.29. The number of halogens is 1. The van der Waals surface area contributed by atoms with Crippen molar-refractivity contribution in [2.45, 2.75) is 11.9 Å². The van der Waals surface area contributed by atoms with Gasteiger partial charge in [-0.15, -0.1) is 0 Å². The van der Waals surface area contributed by atoms with Crippen LogP contribution in [0.5, 0.6) is 11.5 Å². The van der Waals surface area contributed by atoms with Crippen LogP contribution in [0.4, 0.5) is 5.69 Å². The largest absolute Gasteiger partial charge is 0.493 e. The van der Waals surface area contributed by atoms with E-state index in [1.54, 1.807) is 37.1 Å². The molecule has 0 saturated carbocycles. The van der Waals surface area contributed by atoms with Crippen molar-refractivity contribution in [2.24, 2.45) is 0 Å². The lowest BCUT2D eigenvalue weighted by Crippen LogP contribution is -2.14. The molecule has 0 unspecified atom stereocenters. The Bertz CT molecular complexity index is 1290. The third-order valence-electron chi connectivity index (χ3n) is 4.76. The topological polar surface area (TPSA) is 77.8 Å². The van der Waals surface area contributed by atoms with Crippen LogP contribution >= 0.6 is 23.4 Å². The van der Waals surface area contributed by atoms with E-state index < -0.39 is 0 Å². The van der Waals surface area contributed by atoms with E-state index in [0.29, 0.717) is 27.9 Å². The van der Waals surface area contributed by atoms with E-state index in [2.05, 4.69) is 15.4 Å². The van der Waals surface area contributed by atoms with E-state index >= 15 is 0 Å². The number of anilines is 1. The van der Waals surface area contributed by atoms with Gasteiger partial charge in [0.15, 0.2) is 17.1 Å². The van der Waals surface area contributed by atoms with E-state index in [0.717, 1.165) is 21.8 Å². The Morgan fingerprint density at radius 3 is 2.66 bits per heavy atom. The highest BCUT2D eigenvalue weighted by molar-refractivity contribution is 7.99. The second-order valence-corrected chi connectivity index (χ2v) is 8.32. The molecule has 4 rings (SSSR count). The lowest BCUT2D eigenvalue weighted by Gasteiger charge is -2.10. The van der Waals surface area contributed by atoms with Gasteiger partial charge in [-0.3, -0.25) is 4.79 Å². The number of nitrogens with zero attached hydrogens (tertiary/aromatic N) is 3. The van der Waals surface area contributed by atoms with Crippen molar-refractivity contribution in [3.05, 3.63) is 65.4 Å². The number of methoxy groups -OCH3 is 2. The van der Waals surface area contributed by atoms with Gasteiger partial charge < -0.3 is 14.8 Å². The zero-order valence-corrected chi connectivity index (χ0v) is 19.3. The smallest absolute Gasteiger partial charge is 0.234 e. The SMILES string of the molecule is COc1ccc(-c2cnn3c(SCC(=O)Nc4ccccc4Cl)cc(C)nc23)cc1OC. The van der Waals surface area contributed by atoms with Crippen molar-refractivity contribution in [2.75, 3.05) is 25.3 Å². The van der Waals surface area contributed by atoms with E-state index in [-0.39, 0.29) is 11.7 Å². The maximum absolute atomic E-state index is 12.5. The molecular formula is C23H21ClN4O3S. The second-order valence-electron chi connectivity index (χ2n) is 6.92. The molecule has 2 aromatic carbocycles. The van der Waals surface area contributed by atoms with Crippen LogP contribution in [0.25, 0.3) is 16.8 Å². The number of carbonyl (C=O) groups is 1. The normalized spacial score (nSPS) is 10.9. The number of hydrogen-bond donors (Lipinski definition) is 1. The van der Waals surface area contributed by atoms with Crippen LogP contribution in [0.15, 0.2) is 59.8 Å². The van der Waals surface area contributed by atoms with Crippen LogP contribution < -0.4 is 14.8 Å². The summed E-state index contributed by atoms with van der Waals surface area (Å²) >= 11 is 7.51. The number of aryl methyl sites for hydroxylation is 1. The number of fused-ring (bicyclic) bond motifs is 1. The highest BCUT2D eigenvalue weighted by Crippen LogP contribution is 2.34. The van der Waals surface area contributed by atoms with E-state index in [1.807, 2.05) is 43.3 Å². The number of benzene rings is 2. The van der Waals surface area contributed by atoms with Crippen LogP contribution in [-0.4, -0.2) is 40.5 Å². The predicted molar refractivity (Wildman–Crippen MR) is 127 cm³/mol. The summed E-state index contributed by atoms with van der Waals surface area (Å²) in [6.07, 6.45) is 1.76. The molecule has 0 radical (unpaired) electrons. The van der Waals surface area contributed by atoms with E-state index in [1.165, 1.54) is 11.8 Å². The fourth-order valence-electron chi connectivity index (χ4n) is 3.25. The lowest BCUT2D eigenvalue weighted by atomic mass is 10.1. The van der Waals surface area contributed by atoms with Crippen LogP contribution in [0.1, 0.15) is 5.69 Å². The van der Waals surface area contributed by atoms with Crippen LogP contribution in [-0.2, 0) is 4.79 Å². The molecule has 7 nitrogen and oxygen atoms in total. The predicted octanol–water partition coefficient (Wildman–Crippen LogP) is 5.11. The zero-order valence-electron chi connectivity index (χ0n) is 17.8. The van der Waals surface area contributed by atoms with Gasteiger partial charge in [0.1, 0.15) is 5.03 Å². The number of aromatic nitrogens is 3. The average Bonchev–Trinajstić information content (AvgIpc) is 3.22. The van der Waals surface area contributed by atoms with Gasteiger partial charge in [0.2, 0.25) is 5.91 Å². The van der Waals surface area contributed by atoms with Crippen molar-refractivity contribution < 1.29 is 14.3 Å². The quantitative estimate of drug-likeness (QED) is 0.300. The van der Waals surface area contributed by atoms with E-state index in [9.17, 15) is 4.79 Å². The Balaban J connectivity index is 1.60. The van der Waals surface area contributed by atoms with Crippen LogP contribution in [0, 0.1) is 6.92 Å². The standard InChI is InChI=1S/C23H21ClN4O3S/c1-14-10-22(32-13-21(29)27-18-7-5-4-6-17(18)24)28-23(26-14)16(12-25-28)15-8-9-19(30-2)20(11-15)31-3/h4-12H,13H2,1-3H3,(H,27,29). The first-order valence-corrected chi connectivity index (χ1v) is 11.1. The lowest BCUT2D eigenvalue weighted by molar-refractivity contribution is -0.113. The third-order valence-corrected chi connectivity index (χ3v) is 6.08. The third kappa shape index (κ3) is 4.51. The molecule has 164 valence electrons. The van der Waals surface area contributed by atoms with Crippen molar-refractivity contribution >= 4 is 40.6 Å². The maximum Gasteiger partial charge on any atom is 0.234 e. The summed E-state index contributed by atoms with van der Waals surface area (Å²) in [5.74, 6) is 1.33. The molecule has 32 heavy (non-hydrogen) atoms. The molecule has 0 bridgehead atoms. The number of hydrogen-bond acceptors (Lipinski definition) is 6. The van der Waals surface area contributed by atoms with Gasteiger partial charge in [0.05, 0.1) is 36.9 Å². The number of ether oxygens (including phenoxy) is 2. The van der Waals surface area contributed by atoms with Gasteiger partial charge >= 0.3 is 0 Å². The summed E-state index contributed by atoms with van der Waals surface area (Å²) in [6, 6.07) is 14.7. The summed E-state index contributed by atoms with van der Waals surface area (Å²) in [4.78, 5) is 17.1. The van der Waals surface area contributed by atoms with E-state index in [4.69, 9.17) is 21.1 Å². The molecule has 2 heterocycles. The molecule has 0 spiro atoms. The average molecular weight is 469 g/mol. The Morgan fingerprint density at radius 1 is 1.12 bits per heavy atom. The van der Waals surface area contributed by atoms with Crippen molar-refractivity contribution in [1.82, 2.24) is 14.6 Å². The molecule has 9 heteroatoms. The van der Waals surface area contributed by atoms with Crippen LogP contribution in [0.2, 0.25) is 5.02 Å². The van der Waals surface area contributed by atoms with Crippen molar-refractivity contribution in [3.8, 4) is 22.6 Å². The second kappa shape index (κ2) is 9.50. The first-order chi connectivity index (χ1) is 15.5. The number of nitrogens with one attached hydrogen (secondary N) is 1. The van der Waals surface area contributed by atoms with Gasteiger partial charge in [0.25, 0.3) is 0 Å². The van der Waals surface area contributed by atoms with Crippen molar-refractivity contribution in [1.29, 1.82) is 0 Å². The Hall–Kier alpha value is -3.23. The summed E-state index contributed by atoms with van der Waals surface area (Å²) in [7, 11) is 3.20.